The van der Waals surface area contributed by atoms with Crippen molar-refractivity contribution < 1.29 is 14.3 Å². The maximum atomic E-state index is 11.7. The first-order chi connectivity index (χ1) is 11.2. The third-order valence-corrected chi connectivity index (χ3v) is 5.83. The first-order valence-electron chi connectivity index (χ1n) is 7.14. The van der Waals surface area contributed by atoms with Crippen molar-refractivity contribution in [3.63, 3.8) is 0 Å². The summed E-state index contributed by atoms with van der Waals surface area (Å²) in [6.07, 6.45) is 0.786. The van der Waals surface area contributed by atoms with Gasteiger partial charge in [0.05, 0.1) is 7.11 Å². The Hall–Kier alpha value is -1.72. The Morgan fingerprint density at radius 2 is 1.74 bits per heavy atom. The fraction of sp³-hybridized carbons (Fsp3) is 0.167. The van der Waals surface area contributed by atoms with E-state index in [0.29, 0.717) is 4.91 Å². The second-order valence-corrected chi connectivity index (χ2v) is 7.19. The molecule has 0 saturated heterocycles. The van der Waals surface area contributed by atoms with Gasteiger partial charge in [0.1, 0.15) is 16.4 Å². The summed E-state index contributed by atoms with van der Waals surface area (Å²) in [6, 6.07) is 17.7. The maximum absolute atomic E-state index is 11.7. The van der Waals surface area contributed by atoms with Crippen LogP contribution in [0.25, 0.3) is 0 Å². The number of ether oxygens (including phenoxy) is 2. The molecule has 0 saturated carbocycles. The Kier molecular flexibility index (Phi) is 5.08. The van der Waals surface area contributed by atoms with E-state index >= 15 is 0 Å². The third-order valence-electron chi connectivity index (χ3n) is 3.47. The standard InChI is InChI=1S/C18H15BrO3S/c1-21-18(20)17-15(19)11-16(23-17)12-7-9-14(10-8-12)22-13-5-3-2-4-6-13/h2-10,16H,11H2,1H3. The van der Waals surface area contributed by atoms with Gasteiger partial charge in [-0.25, -0.2) is 4.79 Å². The number of hydrogen-bond donors (Lipinski definition) is 0. The van der Waals surface area contributed by atoms with Crippen molar-refractivity contribution in [3.8, 4) is 11.5 Å². The number of thioether (sulfide) groups is 1. The van der Waals surface area contributed by atoms with Crippen LogP contribution in [-0.2, 0) is 9.53 Å². The number of rotatable bonds is 4. The normalized spacial score (nSPS) is 17.2. The molecule has 3 nitrogen and oxygen atoms in total. The first-order valence-corrected chi connectivity index (χ1v) is 8.81. The largest absolute Gasteiger partial charge is 0.465 e. The highest BCUT2D eigenvalue weighted by atomic mass is 79.9. The highest BCUT2D eigenvalue weighted by Crippen LogP contribution is 2.50. The van der Waals surface area contributed by atoms with Crippen molar-refractivity contribution >= 4 is 33.7 Å². The van der Waals surface area contributed by atoms with E-state index in [1.807, 2.05) is 54.6 Å². The first kappa shape index (κ1) is 16.1. The van der Waals surface area contributed by atoms with Crippen molar-refractivity contribution in [3.05, 3.63) is 69.5 Å². The number of carbonyl (C=O) groups is 1. The molecule has 2 aromatic carbocycles. The van der Waals surface area contributed by atoms with E-state index in [4.69, 9.17) is 9.47 Å². The minimum Gasteiger partial charge on any atom is -0.465 e. The topological polar surface area (TPSA) is 35.5 Å². The summed E-state index contributed by atoms with van der Waals surface area (Å²) in [5.41, 5.74) is 1.16. The molecule has 1 unspecified atom stereocenters. The van der Waals surface area contributed by atoms with Crippen LogP contribution in [0, 0.1) is 0 Å². The molecule has 1 aliphatic rings. The molecule has 0 N–H and O–H groups in total. The van der Waals surface area contributed by atoms with Crippen molar-refractivity contribution in [2.45, 2.75) is 11.7 Å². The molecule has 118 valence electrons. The fourth-order valence-corrected chi connectivity index (χ4v) is 4.51. The molecular weight excluding hydrogens is 376 g/mol. The lowest BCUT2D eigenvalue weighted by Gasteiger charge is -2.11. The minimum absolute atomic E-state index is 0.212. The van der Waals surface area contributed by atoms with Crippen molar-refractivity contribution in [1.82, 2.24) is 0 Å². The van der Waals surface area contributed by atoms with E-state index in [1.165, 1.54) is 18.9 Å². The molecule has 5 heteroatoms. The lowest BCUT2D eigenvalue weighted by molar-refractivity contribution is -0.135. The van der Waals surface area contributed by atoms with Gasteiger partial charge in [-0.2, -0.15) is 0 Å². The zero-order valence-electron chi connectivity index (χ0n) is 12.5. The number of benzene rings is 2. The molecule has 1 heterocycles. The van der Waals surface area contributed by atoms with Crippen LogP contribution in [0.3, 0.4) is 0 Å². The number of para-hydroxylation sites is 1. The Morgan fingerprint density at radius 3 is 2.39 bits per heavy atom. The second-order valence-electron chi connectivity index (χ2n) is 5.02. The predicted octanol–water partition coefficient (Wildman–Crippen LogP) is 5.44. The summed E-state index contributed by atoms with van der Waals surface area (Å²) >= 11 is 5.01. The lowest BCUT2D eigenvalue weighted by Crippen LogP contribution is -2.00. The average molecular weight is 391 g/mol. The summed E-state index contributed by atoms with van der Waals surface area (Å²) in [5, 5.41) is 0.212. The van der Waals surface area contributed by atoms with Gasteiger partial charge < -0.3 is 9.47 Å². The quantitative estimate of drug-likeness (QED) is 0.651. The van der Waals surface area contributed by atoms with E-state index < -0.39 is 0 Å². The molecule has 0 spiro atoms. The molecule has 1 aliphatic heterocycles. The van der Waals surface area contributed by atoms with Crippen molar-refractivity contribution in [2.24, 2.45) is 0 Å². The van der Waals surface area contributed by atoms with Gasteiger partial charge >= 0.3 is 5.97 Å². The third kappa shape index (κ3) is 3.79. The molecule has 0 amide bonds. The Morgan fingerprint density at radius 1 is 1.09 bits per heavy atom. The lowest BCUT2D eigenvalue weighted by atomic mass is 10.1. The van der Waals surface area contributed by atoms with E-state index in [0.717, 1.165) is 28.0 Å². The zero-order chi connectivity index (χ0) is 16.2. The minimum atomic E-state index is -0.284. The summed E-state index contributed by atoms with van der Waals surface area (Å²) in [5.74, 6) is 1.32. The summed E-state index contributed by atoms with van der Waals surface area (Å²) in [7, 11) is 1.40. The second kappa shape index (κ2) is 7.23. The molecule has 0 aromatic heterocycles. The Labute approximate surface area is 147 Å². The maximum Gasteiger partial charge on any atom is 0.345 e. The van der Waals surface area contributed by atoms with Gasteiger partial charge in [0.15, 0.2) is 0 Å². The number of halogens is 1. The monoisotopic (exact) mass is 390 g/mol. The van der Waals surface area contributed by atoms with Crippen LogP contribution in [0.4, 0.5) is 0 Å². The molecule has 23 heavy (non-hydrogen) atoms. The summed E-state index contributed by atoms with van der Waals surface area (Å²) < 4.78 is 11.5. The summed E-state index contributed by atoms with van der Waals surface area (Å²) in [6.45, 7) is 0. The smallest absolute Gasteiger partial charge is 0.345 e. The highest BCUT2D eigenvalue weighted by Gasteiger charge is 2.29. The number of esters is 1. The SMILES string of the molecule is COC(=O)C1=C(Br)CC(c2ccc(Oc3ccccc3)cc2)S1. The van der Waals surface area contributed by atoms with E-state index in [2.05, 4.69) is 15.9 Å². The van der Waals surface area contributed by atoms with Crippen molar-refractivity contribution in [1.29, 1.82) is 0 Å². The van der Waals surface area contributed by atoms with Crippen molar-refractivity contribution in [2.75, 3.05) is 7.11 Å². The molecule has 2 aromatic rings. The molecule has 0 fully saturated rings. The predicted molar refractivity (Wildman–Crippen MR) is 95.9 cm³/mol. The van der Waals surface area contributed by atoms with Gasteiger partial charge in [0, 0.05) is 9.73 Å². The van der Waals surface area contributed by atoms with E-state index in [-0.39, 0.29) is 11.2 Å². The van der Waals surface area contributed by atoms with Crippen LogP contribution in [0.15, 0.2) is 64.0 Å². The van der Waals surface area contributed by atoms with Gasteiger partial charge in [0.2, 0.25) is 0 Å². The number of methoxy groups -OCH3 is 1. The van der Waals surface area contributed by atoms with Gasteiger partial charge in [-0.15, -0.1) is 11.8 Å². The van der Waals surface area contributed by atoms with Crippen LogP contribution in [-0.4, -0.2) is 13.1 Å². The van der Waals surface area contributed by atoms with Crippen LogP contribution >= 0.6 is 27.7 Å². The zero-order valence-corrected chi connectivity index (χ0v) is 14.9. The molecular formula is C18H15BrO3S. The molecule has 1 atom stereocenters. The number of allylic oxidation sites excluding steroid dienone is 1. The molecule has 0 bridgehead atoms. The Bertz CT molecular complexity index is 726. The van der Waals surface area contributed by atoms with Crippen LogP contribution in [0.5, 0.6) is 11.5 Å². The Balaban J connectivity index is 1.68. The van der Waals surface area contributed by atoms with Gasteiger partial charge in [-0.1, -0.05) is 46.3 Å². The average Bonchev–Trinajstić information content (AvgIpc) is 2.97. The van der Waals surface area contributed by atoms with Gasteiger partial charge in [-0.3, -0.25) is 0 Å². The molecule has 0 aliphatic carbocycles. The van der Waals surface area contributed by atoms with Gasteiger partial charge in [-0.05, 0) is 36.2 Å². The number of hydrogen-bond acceptors (Lipinski definition) is 4. The van der Waals surface area contributed by atoms with E-state index in [9.17, 15) is 4.79 Å². The highest BCUT2D eigenvalue weighted by molar-refractivity contribution is 9.11. The number of carbonyl (C=O) groups excluding carboxylic acids is 1. The molecule has 3 rings (SSSR count). The van der Waals surface area contributed by atoms with E-state index in [1.54, 1.807) is 0 Å². The summed E-state index contributed by atoms with van der Waals surface area (Å²) in [4.78, 5) is 12.4. The molecule has 0 radical (unpaired) electrons. The van der Waals surface area contributed by atoms with Gasteiger partial charge in [0.25, 0.3) is 0 Å². The fourth-order valence-electron chi connectivity index (χ4n) is 2.32. The van der Waals surface area contributed by atoms with Crippen LogP contribution in [0.2, 0.25) is 0 Å². The van der Waals surface area contributed by atoms with Crippen LogP contribution in [0.1, 0.15) is 17.2 Å². The van der Waals surface area contributed by atoms with Crippen LogP contribution < -0.4 is 4.74 Å².